The number of benzene rings is 1. The topological polar surface area (TPSA) is 48.5 Å². The van der Waals surface area contributed by atoms with Crippen molar-refractivity contribution in [2.24, 2.45) is 0 Å². The van der Waals surface area contributed by atoms with E-state index in [-0.39, 0.29) is 12.1 Å². The number of nitrogens with zero attached hydrogens (tertiary/aromatic N) is 3. The molecule has 0 spiro atoms. The van der Waals surface area contributed by atoms with E-state index in [0.29, 0.717) is 13.1 Å². The highest BCUT2D eigenvalue weighted by Crippen LogP contribution is 2.25. The van der Waals surface area contributed by atoms with Gasteiger partial charge in [0, 0.05) is 56.7 Å². The molecule has 24 heavy (non-hydrogen) atoms. The van der Waals surface area contributed by atoms with Crippen LogP contribution in [0.4, 0.5) is 10.5 Å². The molecule has 1 aromatic carbocycles. The van der Waals surface area contributed by atoms with Crippen molar-refractivity contribution in [2.45, 2.75) is 25.9 Å². The summed E-state index contributed by atoms with van der Waals surface area (Å²) in [5.74, 6) is 0. The van der Waals surface area contributed by atoms with Gasteiger partial charge < -0.3 is 15.1 Å². The smallest absolute Gasteiger partial charge is 0.318 e. The summed E-state index contributed by atoms with van der Waals surface area (Å²) in [6.07, 6.45) is 2.52. The zero-order valence-corrected chi connectivity index (χ0v) is 14.3. The summed E-state index contributed by atoms with van der Waals surface area (Å²) in [5, 5.41) is 3.03. The van der Waals surface area contributed by atoms with Gasteiger partial charge in [0.1, 0.15) is 0 Å². The van der Waals surface area contributed by atoms with Gasteiger partial charge in [0.15, 0.2) is 0 Å². The number of nitrogens with one attached hydrogen (secondary N) is 1. The zero-order chi connectivity index (χ0) is 16.9. The molecule has 0 bridgehead atoms. The van der Waals surface area contributed by atoms with Gasteiger partial charge in [0.25, 0.3) is 0 Å². The standard InChI is InChI=1S/C19H24N4O/c1-15-13-22(2)18-9-4-3-7-16(18)14-23(15)19(24)21-12-10-17-8-5-6-11-20-17/h3-9,11,15H,10,12-14H2,1-2H3,(H,21,24)/t15-/m0/s1. The van der Waals surface area contributed by atoms with E-state index >= 15 is 0 Å². The first-order chi connectivity index (χ1) is 11.6. The number of carbonyl (C=O) groups is 1. The molecular weight excluding hydrogens is 300 g/mol. The monoisotopic (exact) mass is 324 g/mol. The predicted octanol–water partition coefficient (Wildman–Crippen LogP) is 2.67. The Bertz CT molecular complexity index is 689. The molecule has 1 aliphatic heterocycles. The molecule has 5 heteroatoms. The molecule has 0 unspecified atom stereocenters. The molecule has 1 N–H and O–H groups in total. The van der Waals surface area contributed by atoms with Crippen molar-refractivity contribution in [3.05, 3.63) is 59.9 Å². The molecule has 0 saturated carbocycles. The number of hydrogen-bond acceptors (Lipinski definition) is 3. The highest BCUT2D eigenvalue weighted by Gasteiger charge is 2.26. The molecule has 1 aliphatic rings. The van der Waals surface area contributed by atoms with Crippen molar-refractivity contribution in [1.29, 1.82) is 0 Å². The van der Waals surface area contributed by atoms with Gasteiger partial charge in [0.05, 0.1) is 0 Å². The Morgan fingerprint density at radius 1 is 1.25 bits per heavy atom. The number of urea groups is 1. The molecular formula is C19H24N4O. The van der Waals surface area contributed by atoms with Crippen LogP contribution in [0.2, 0.25) is 0 Å². The van der Waals surface area contributed by atoms with Crippen LogP contribution in [0.1, 0.15) is 18.2 Å². The van der Waals surface area contributed by atoms with Gasteiger partial charge in [-0.15, -0.1) is 0 Å². The van der Waals surface area contributed by atoms with Gasteiger partial charge in [-0.25, -0.2) is 4.79 Å². The van der Waals surface area contributed by atoms with Crippen molar-refractivity contribution >= 4 is 11.7 Å². The first-order valence-electron chi connectivity index (χ1n) is 8.38. The third-order valence-electron chi connectivity index (χ3n) is 4.46. The van der Waals surface area contributed by atoms with Gasteiger partial charge in [-0.1, -0.05) is 24.3 Å². The van der Waals surface area contributed by atoms with Crippen LogP contribution in [0.5, 0.6) is 0 Å². The summed E-state index contributed by atoms with van der Waals surface area (Å²) in [6, 6.07) is 14.3. The van der Waals surface area contributed by atoms with Gasteiger partial charge in [-0.2, -0.15) is 0 Å². The zero-order valence-electron chi connectivity index (χ0n) is 14.3. The molecule has 0 aliphatic carbocycles. The van der Waals surface area contributed by atoms with Crippen molar-refractivity contribution in [3.63, 3.8) is 0 Å². The number of rotatable bonds is 3. The van der Waals surface area contributed by atoms with Crippen molar-refractivity contribution in [1.82, 2.24) is 15.2 Å². The summed E-state index contributed by atoms with van der Waals surface area (Å²) >= 11 is 0. The van der Waals surface area contributed by atoms with E-state index in [9.17, 15) is 4.79 Å². The average Bonchev–Trinajstić information content (AvgIpc) is 2.72. The number of para-hydroxylation sites is 1. The summed E-state index contributed by atoms with van der Waals surface area (Å²) in [5.41, 5.74) is 3.38. The molecule has 1 aromatic heterocycles. The molecule has 0 saturated heterocycles. The highest BCUT2D eigenvalue weighted by molar-refractivity contribution is 5.75. The van der Waals surface area contributed by atoms with Crippen LogP contribution in [-0.2, 0) is 13.0 Å². The number of likely N-dealkylation sites (N-methyl/N-ethyl adjacent to an activating group) is 1. The van der Waals surface area contributed by atoms with E-state index in [1.54, 1.807) is 6.20 Å². The van der Waals surface area contributed by atoms with E-state index in [0.717, 1.165) is 18.7 Å². The maximum Gasteiger partial charge on any atom is 0.318 e. The summed E-state index contributed by atoms with van der Waals surface area (Å²) in [6.45, 7) is 4.15. The van der Waals surface area contributed by atoms with Crippen molar-refractivity contribution in [3.8, 4) is 0 Å². The normalized spacial score (nSPS) is 17.2. The Hall–Kier alpha value is -2.56. The van der Waals surface area contributed by atoms with Crippen molar-refractivity contribution < 1.29 is 4.79 Å². The Kier molecular flexibility index (Phi) is 4.99. The number of fused-ring (bicyclic) bond motifs is 1. The van der Waals surface area contributed by atoms with Gasteiger partial charge in [0.2, 0.25) is 0 Å². The second kappa shape index (κ2) is 7.34. The Morgan fingerprint density at radius 2 is 2.04 bits per heavy atom. The lowest BCUT2D eigenvalue weighted by molar-refractivity contribution is 0.178. The van der Waals surface area contributed by atoms with Crippen LogP contribution in [-0.4, -0.2) is 42.1 Å². The lowest BCUT2D eigenvalue weighted by atomic mass is 10.1. The maximum atomic E-state index is 12.6. The SMILES string of the molecule is C[C@H]1CN(C)c2ccccc2CN1C(=O)NCCc1ccccn1. The summed E-state index contributed by atoms with van der Waals surface area (Å²) < 4.78 is 0. The molecule has 0 fully saturated rings. The largest absolute Gasteiger partial charge is 0.372 e. The first-order valence-corrected chi connectivity index (χ1v) is 8.38. The number of anilines is 1. The maximum absolute atomic E-state index is 12.6. The predicted molar refractivity (Wildman–Crippen MR) is 96.1 cm³/mol. The van der Waals surface area contributed by atoms with E-state index < -0.39 is 0 Å². The van der Waals surface area contributed by atoms with Crippen LogP contribution >= 0.6 is 0 Å². The Labute approximate surface area is 143 Å². The Balaban J connectivity index is 1.63. The molecule has 3 rings (SSSR count). The fraction of sp³-hybridized carbons (Fsp3) is 0.368. The van der Waals surface area contributed by atoms with E-state index in [1.165, 1.54) is 11.3 Å². The quantitative estimate of drug-likeness (QED) is 0.944. The molecule has 2 amide bonds. The number of hydrogen-bond donors (Lipinski definition) is 1. The average molecular weight is 324 g/mol. The molecule has 126 valence electrons. The second-order valence-electron chi connectivity index (χ2n) is 6.29. The molecule has 0 radical (unpaired) electrons. The number of amides is 2. The summed E-state index contributed by atoms with van der Waals surface area (Å²) in [7, 11) is 2.08. The highest BCUT2D eigenvalue weighted by atomic mass is 16.2. The van der Waals surface area contributed by atoms with Crippen LogP contribution in [0.25, 0.3) is 0 Å². The van der Waals surface area contributed by atoms with E-state index in [2.05, 4.69) is 41.3 Å². The fourth-order valence-corrected chi connectivity index (χ4v) is 3.17. The number of pyridine rings is 1. The number of aromatic nitrogens is 1. The molecule has 2 aromatic rings. The molecule has 5 nitrogen and oxygen atoms in total. The second-order valence-corrected chi connectivity index (χ2v) is 6.29. The minimum Gasteiger partial charge on any atom is -0.372 e. The first kappa shape index (κ1) is 16.3. The minimum atomic E-state index is -0.0106. The van der Waals surface area contributed by atoms with Crippen LogP contribution in [0.15, 0.2) is 48.7 Å². The molecule has 2 heterocycles. The summed E-state index contributed by atoms with van der Waals surface area (Å²) in [4.78, 5) is 21.1. The van der Waals surface area contributed by atoms with Crippen LogP contribution in [0.3, 0.4) is 0 Å². The van der Waals surface area contributed by atoms with E-state index in [1.807, 2.05) is 35.2 Å². The lowest BCUT2D eigenvalue weighted by Gasteiger charge is -2.28. The van der Waals surface area contributed by atoms with Crippen molar-refractivity contribution in [2.75, 3.05) is 25.0 Å². The number of carbonyl (C=O) groups excluding carboxylic acids is 1. The third kappa shape index (κ3) is 3.67. The fourth-order valence-electron chi connectivity index (χ4n) is 3.17. The van der Waals surface area contributed by atoms with Gasteiger partial charge in [-0.3, -0.25) is 4.98 Å². The van der Waals surface area contributed by atoms with Gasteiger partial charge in [-0.05, 0) is 30.7 Å². The van der Waals surface area contributed by atoms with Crippen LogP contribution < -0.4 is 10.2 Å². The minimum absolute atomic E-state index is 0.0106. The third-order valence-corrected chi connectivity index (χ3v) is 4.46. The van der Waals surface area contributed by atoms with Gasteiger partial charge >= 0.3 is 6.03 Å². The Morgan fingerprint density at radius 3 is 2.83 bits per heavy atom. The lowest BCUT2D eigenvalue weighted by Crippen LogP contribution is -2.47. The van der Waals surface area contributed by atoms with Crippen LogP contribution in [0, 0.1) is 0 Å². The van der Waals surface area contributed by atoms with E-state index in [4.69, 9.17) is 0 Å². The molecule has 1 atom stereocenters.